The van der Waals surface area contributed by atoms with Gasteiger partial charge in [0.15, 0.2) is 0 Å². The molecule has 0 saturated heterocycles. The van der Waals surface area contributed by atoms with E-state index in [1.165, 1.54) is 0 Å². The van der Waals surface area contributed by atoms with E-state index in [-0.39, 0.29) is 0 Å². The molecule has 0 aromatic rings. The van der Waals surface area contributed by atoms with Crippen molar-refractivity contribution >= 4 is 24.4 Å². The summed E-state index contributed by atoms with van der Waals surface area (Å²) in [7, 11) is 4.62. The highest BCUT2D eigenvalue weighted by atomic mass is 32.4. The van der Waals surface area contributed by atoms with Crippen LogP contribution in [0.5, 0.6) is 0 Å². The molecule has 0 amide bonds. The molecule has 2 unspecified atom stereocenters. The minimum Gasteiger partial charge on any atom is -0.315 e. The van der Waals surface area contributed by atoms with Gasteiger partial charge in [-0.2, -0.15) is 0 Å². The summed E-state index contributed by atoms with van der Waals surface area (Å²) < 4.78 is 10.5. The van der Waals surface area contributed by atoms with Gasteiger partial charge in [-0.1, -0.05) is 24.8 Å². The first kappa shape index (κ1) is 7.09. The highest BCUT2D eigenvalue weighted by Crippen LogP contribution is 2.61. The second-order valence-electron chi connectivity index (χ2n) is 1.17. The summed E-state index contributed by atoms with van der Waals surface area (Å²) in [6, 6.07) is 0. The van der Waals surface area contributed by atoms with Gasteiger partial charge in [-0.3, -0.25) is 0 Å². The standard InChI is InChI=1S/C2H9OP3/c1-2-6(3,4)5/h2,4-5H2,1H3. The Hall–Kier alpha value is 1.09. The molecular formula is C2H9OP3. The van der Waals surface area contributed by atoms with Gasteiger partial charge < -0.3 is 4.57 Å². The van der Waals surface area contributed by atoms with Crippen LogP contribution in [0.2, 0.25) is 0 Å². The molecule has 0 rings (SSSR count). The van der Waals surface area contributed by atoms with Crippen LogP contribution < -0.4 is 0 Å². The van der Waals surface area contributed by atoms with Crippen LogP contribution in [0.15, 0.2) is 0 Å². The lowest BCUT2D eigenvalue weighted by Crippen LogP contribution is -1.57. The summed E-state index contributed by atoms with van der Waals surface area (Å²) in [5.74, 6) is 0. The van der Waals surface area contributed by atoms with Crippen molar-refractivity contribution in [1.82, 2.24) is 0 Å². The molecule has 0 bridgehead atoms. The molecule has 0 aromatic heterocycles. The molecule has 0 aliphatic rings. The highest BCUT2D eigenvalue weighted by Gasteiger charge is 1.98. The maximum Gasteiger partial charge on any atom is 0.115 e. The van der Waals surface area contributed by atoms with Gasteiger partial charge in [0, 0.05) is 6.16 Å². The van der Waals surface area contributed by atoms with Crippen LogP contribution in [0.1, 0.15) is 6.92 Å². The van der Waals surface area contributed by atoms with Crippen LogP contribution in [0.25, 0.3) is 0 Å². The first-order valence-electron chi connectivity index (χ1n) is 1.72. The molecule has 0 aromatic carbocycles. The van der Waals surface area contributed by atoms with E-state index in [0.29, 0.717) is 0 Å². The second-order valence-corrected chi connectivity index (χ2v) is 10.5. The molecule has 0 fully saturated rings. The summed E-state index contributed by atoms with van der Waals surface area (Å²) in [4.78, 5) is 0. The zero-order valence-corrected chi connectivity index (χ0v) is 6.92. The van der Waals surface area contributed by atoms with Crippen LogP contribution in [0.3, 0.4) is 0 Å². The summed E-state index contributed by atoms with van der Waals surface area (Å²) in [5, 5.41) is 0. The van der Waals surface area contributed by atoms with Crippen molar-refractivity contribution in [2.75, 3.05) is 6.16 Å². The Bertz CT molecular complexity index is 72.9. The van der Waals surface area contributed by atoms with Crippen molar-refractivity contribution in [1.29, 1.82) is 0 Å². The quantitative estimate of drug-likeness (QED) is 0.511. The average Bonchev–Trinajstić information content (AvgIpc) is 1.35. The van der Waals surface area contributed by atoms with Gasteiger partial charge in [0.05, 0.1) is 0 Å². The third-order valence-corrected chi connectivity index (χ3v) is 3.67. The Balaban J connectivity index is 3.48. The van der Waals surface area contributed by atoms with Crippen molar-refractivity contribution in [2.45, 2.75) is 6.92 Å². The fourth-order valence-corrected chi connectivity index (χ4v) is 0. The van der Waals surface area contributed by atoms with E-state index in [4.69, 9.17) is 0 Å². The van der Waals surface area contributed by atoms with Crippen molar-refractivity contribution in [2.24, 2.45) is 0 Å². The van der Waals surface area contributed by atoms with E-state index < -0.39 is 6.52 Å². The fourth-order valence-electron chi connectivity index (χ4n) is 0. The molecule has 0 saturated carbocycles. The van der Waals surface area contributed by atoms with E-state index in [1.54, 1.807) is 0 Å². The van der Waals surface area contributed by atoms with Crippen molar-refractivity contribution in [3.8, 4) is 0 Å². The third kappa shape index (κ3) is 5.09. The Morgan fingerprint density at radius 1 is 1.67 bits per heavy atom. The molecule has 0 heterocycles. The molecule has 0 radical (unpaired) electrons. The minimum absolute atomic E-state index is 0.752. The topological polar surface area (TPSA) is 17.1 Å². The van der Waals surface area contributed by atoms with Gasteiger partial charge in [-0.05, 0) is 0 Å². The maximum atomic E-state index is 10.5. The smallest absolute Gasteiger partial charge is 0.115 e. The van der Waals surface area contributed by atoms with E-state index in [1.807, 2.05) is 6.92 Å². The lowest BCUT2D eigenvalue weighted by atomic mass is 11.0. The summed E-state index contributed by atoms with van der Waals surface area (Å²) in [6.45, 7) is 0.0903. The third-order valence-electron chi connectivity index (χ3n) is 0.494. The average molecular weight is 142 g/mol. The predicted molar refractivity (Wildman–Crippen MR) is 37.6 cm³/mol. The van der Waals surface area contributed by atoms with Crippen molar-refractivity contribution < 1.29 is 4.57 Å². The van der Waals surface area contributed by atoms with Crippen LogP contribution >= 0.6 is 24.4 Å². The Morgan fingerprint density at radius 2 is 1.83 bits per heavy atom. The van der Waals surface area contributed by atoms with Gasteiger partial charge in [-0.15, -0.1) is 0 Å². The number of hydrogen-bond donors (Lipinski definition) is 0. The highest BCUT2D eigenvalue weighted by molar-refractivity contribution is 8.46. The van der Waals surface area contributed by atoms with Crippen molar-refractivity contribution in [3.05, 3.63) is 0 Å². The predicted octanol–water partition coefficient (Wildman–Crippen LogP) is 1.95. The molecule has 4 heteroatoms. The normalized spacial score (nSPS) is 11.8. The molecule has 0 N–H and O–H groups in total. The van der Waals surface area contributed by atoms with E-state index >= 15 is 0 Å². The molecule has 0 spiro atoms. The molecule has 6 heavy (non-hydrogen) atoms. The monoisotopic (exact) mass is 142 g/mol. The van der Waals surface area contributed by atoms with Crippen LogP contribution in [-0.4, -0.2) is 6.16 Å². The molecule has 38 valence electrons. The molecular weight excluding hydrogens is 133 g/mol. The zero-order valence-electron chi connectivity index (χ0n) is 3.72. The number of rotatable bonds is 1. The number of hydrogen-bond acceptors (Lipinski definition) is 1. The van der Waals surface area contributed by atoms with Crippen LogP contribution in [-0.2, 0) is 4.57 Å². The molecule has 2 atom stereocenters. The lowest BCUT2D eigenvalue weighted by Gasteiger charge is -1.95. The second kappa shape index (κ2) is 2.41. The summed E-state index contributed by atoms with van der Waals surface area (Å²) >= 11 is 0. The maximum absolute atomic E-state index is 10.5. The SMILES string of the molecule is CCP(=O)(P)P. The van der Waals surface area contributed by atoms with Gasteiger partial charge in [0.1, 0.15) is 6.52 Å². The van der Waals surface area contributed by atoms with Crippen molar-refractivity contribution in [3.63, 3.8) is 0 Å². The molecule has 0 aliphatic heterocycles. The first-order chi connectivity index (χ1) is 2.56. The van der Waals surface area contributed by atoms with Gasteiger partial charge in [0.25, 0.3) is 0 Å². The largest absolute Gasteiger partial charge is 0.315 e. The summed E-state index contributed by atoms with van der Waals surface area (Å²) in [5.41, 5.74) is 0. The van der Waals surface area contributed by atoms with E-state index in [2.05, 4.69) is 17.9 Å². The van der Waals surface area contributed by atoms with Crippen LogP contribution in [0, 0.1) is 0 Å². The Labute approximate surface area is 42.8 Å². The van der Waals surface area contributed by atoms with E-state index in [9.17, 15) is 4.57 Å². The zero-order chi connectivity index (χ0) is 5.21. The van der Waals surface area contributed by atoms with Gasteiger partial charge in [-0.25, -0.2) is 0 Å². The molecule has 0 aliphatic carbocycles. The fraction of sp³-hybridized carbons (Fsp3) is 1.00. The lowest BCUT2D eigenvalue weighted by molar-refractivity contribution is 0.594. The Morgan fingerprint density at radius 3 is 1.83 bits per heavy atom. The first-order valence-corrected chi connectivity index (χ1v) is 6.85. The van der Waals surface area contributed by atoms with Gasteiger partial charge in [0.2, 0.25) is 0 Å². The van der Waals surface area contributed by atoms with E-state index in [0.717, 1.165) is 6.16 Å². The summed E-state index contributed by atoms with van der Waals surface area (Å²) in [6.07, 6.45) is 0.752. The minimum atomic E-state index is -1.81. The van der Waals surface area contributed by atoms with Gasteiger partial charge >= 0.3 is 0 Å². The molecule has 1 nitrogen and oxygen atoms in total. The Kier molecular flexibility index (Phi) is 2.85. The van der Waals surface area contributed by atoms with Crippen LogP contribution in [0.4, 0.5) is 0 Å².